The van der Waals surface area contributed by atoms with Crippen LogP contribution in [-0.4, -0.2) is 34.4 Å². The highest BCUT2D eigenvalue weighted by Gasteiger charge is 2.21. The molecule has 0 spiro atoms. The molecule has 2 aromatic rings. The SMILES string of the molecule is CCc1n[nH]c(CNC(=O)N2CCCOc3ccccc32)n1. The molecule has 2 heterocycles. The van der Waals surface area contributed by atoms with Crippen LogP contribution in [0.1, 0.15) is 25.0 Å². The Morgan fingerprint density at radius 1 is 1.45 bits per heavy atom. The van der Waals surface area contributed by atoms with E-state index in [1.54, 1.807) is 4.90 Å². The highest BCUT2D eigenvalue weighted by atomic mass is 16.5. The van der Waals surface area contributed by atoms with Crippen molar-refractivity contribution in [2.24, 2.45) is 0 Å². The fourth-order valence-corrected chi connectivity index (χ4v) is 2.37. The fraction of sp³-hybridized carbons (Fsp3) is 0.400. The molecule has 7 heteroatoms. The first-order chi connectivity index (χ1) is 10.8. The first-order valence-corrected chi connectivity index (χ1v) is 7.45. The molecule has 0 radical (unpaired) electrons. The normalized spacial score (nSPS) is 14.0. The Balaban J connectivity index is 1.69. The topological polar surface area (TPSA) is 83.1 Å². The van der Waals surface area contributed by atoms with Gasteiger partial charge in [0.05, 0.1) is 18.8 Å². The number of amides is 2. The number of hydrogen-bond acceptors (Lipinski definition) is 4. The van der Waals surface area contributed by atoms with E-state index in [0.717, 1.165) is 30.1 Å². The van der Waals surface area contributed by atoms with Crippen LogP contribution in [0, 0.1) is 0 Å². The maximum absolute atomic E-state index is 12.5. The Kier molecular flexibility index (Phi) is 4.22. The summed E-state index contributed by atoms with van der Waals surface area (Å²) in [5.41, 5.74) is 0.796. The molecule has 0 saturated heterocycles. The van der Waals surface area contributed by atoms with E-state index < -0.39 is 0 Å². The number of urea groups is 1. The average Bonchev–Trinajstić information content (AvgIpc) is 2.91. The number of hydrogen-bond donors (Lipinski definition) is 2. The van der Waals surface area contributed by atoms with E-state index in [0.29, 0.717) is 25.5 Å². The monoisotopic (exact) mass is 301 g/mol. The lowest BCUT2D eigenvalue weighted by Gasteiger charge is -2.21. The Labute approximate surface area is 128 Å². The van der Waals surface area contributed by atoms with Crippen LogP contribution in [-0.2, 0) is 13.0 Å². The molecule has 3 rings (SSSR count). The van der Waals surface area contributed by atoms with E-state index in [1.807, 2.05) is 31.2 Å². The van der Waals surface area contributed by atoms with Gasteiger partial charge in [-0.05, 0) is 18.6 Å². The lowest BCUT2D eigenvalue weighted by atomic mass is 10.2. The number of nitrogens with zero attached hydrogens (tertiary/aromatic N) is 3. The number of ether oxygens (including phenoxy) is 1. The van der Waals surface area contributed by atoms with E-state index >= 15 is 0 Å². The largest absolute Gasteiger partial charge is 0.491 e. The van der Waals surface area contributed by atoms with Crippen molar-refractivity contribution in [3.05, 3.63) is 35.9 Å². The second-order valence-corrected chi connectivity index (χ2v) is 5.03. The van der Waals surface area contributed by atoms with E-state index in [9.17, 15) is 4.79 Å². The first-order valence-electron chi connectivity index (χ1n) is 7.45. The molecule has 1 aliphatic rings. The van der Waals surface area contributed by atoms with Gasteiger partial charge in [0.15, 0.2) is 5.82 Å². The molecule has 1 aliphatic heterocycles. The number of nitrogens with one attached hydrogen (secondary N) is 2. The molecular weight excluding hydrogens is 282 g/mol. The van der Waals surface area contributed by atoms with Gasteiger partial charge in [0.1, 0.15) is 11.6 Å². The number of carbonyl (C=O) groups is 1. The molecule has 2 amide bonds. The first kappa shape index (κ1) is 14.4. The van der Waals surface area contributed by atoms with E-state index in [1.165, 1.54) is 0 Å². The molecule has 7 nitrogen and oxygen atoms in total. The minimum Gasteiger partial charge on any atom is -0.491 e. The Morgan fingerprint density at radius 3 is 3.14 bits per heavy atom. The number of aryl methyl sites for hydroxylation is 1. The van der Waals surface area contributed by atoms with Crippen LogP contribution in [0.2, 0.25) is 0 Å². The predicted octanol–water partition coefficient (Wildman–Crippen LogP) is 1.87. The summed E-state index contributed by atoms with van der Waals surface area (Å²) < 4.78 is 5.66. The zero-order valence-corrected chi connectivity index (χ0v) is 12.5. The molecule has 22 heavy (non-hydrogen) atoms. The minimum absolute atomic E-state index is 0.160. The molecule has 0 aliphatic carbocycles. The number of fused-ring (bicyclic) bond motifs is 1. The highest BCUT2D eigenvalue weighted by Crippen LogP contribution is 2.30. The lowest BCUT2D eigenvalue weighted by Crippen LogP contribution is -2.40. The predicted molar refractivity (Wildman–Crippen MR) is 81.9 cm³/mol. The minimum atomic E-state index is -0.160. The van der Waals surface area contributed by atoms with Crippen LogP contribution >= 0.6 is 0 Å². The van der Waals surface area contributed by atoms with Crippen LogP contribution < -0.4 is 15.0 Å². The summed E-state index contributed by atoms with van der Waals surface area (Å²) in [4.78, 5) is 18.5. The summed E-state index contributed by atoms with van der Waals surface area (Å²) >= 11 is 0. The van der Waals surface area contributed by atoms with Crippen molar-refractivity contribution in [1.82, 2.24) is 20.5 Å². The summed E-state index contributed by atoms with van der Waals surface area (Å²) in [6, 6.07) is 7.42. The van der Waals surface area contributed by atoms with Crippen molar-refractivity contribution in [2.75, 3.05) is 18.1 Å². The number of aromatic nitrogens is 3. The van der Waals surface area contributed by atoms with Crippen molar-refractivity contribution in [1.29, 1.82) is 0 Å². The highest BCUT2D eigenvalue weighted by molar-refractivity contribution is 5.93. The fourth-order valence-electron chi connectivity index (χ4n) is 2.37. The smallest absolute Gasteiger partial charge is 0.322 e. The van der Waals surface area contributed by atoms with Gasteiger partial charge >= 0.3 is 6.03 Å². The molecule has 0 atom stereocenters. The molecule has 0 saturated carbocycles. The van der Waals surface area contributed by atoms with E-state index in [2.05, 4.69) is 20.5 Å². The maximum Gasteiger partial charge on any atom is 0.322 e. The van der Waals surface area contributed by atoms with Gasteiger partial charge in [-0.2, -0.15) is 5.10 Å². The summed E-state index contributed by atoms with van der Waals surface area (Å²) in [5.74, 6) is 2.14. The number of para-hydroxylation sites is 2. The standard InChI is InChI=1S/C15H19N5O2/c1-2-13-17-14(19-18-13)10-16-15(21)20-8-5-9-22-12-7-4-3-6-11(12)20/h3-4,6-7H,2,5,8-10H2,1H3,(H,16,21)(H,17,18,19). The molecule has 0 bridgehead atoms. The zero-order chi connectivity index (χ0) is 15.4. The van der Waals surface area contributed by atoms with E-state index in [4.69, 9.17) is 4.74 Å². The van der Waals surface area contributed by atoms with Crippen molar-refractivity contribution < 1.29 is 9.53 Å². The van der Waals surface area contributed by atoms with Crippen molar-refractivity contribution in [3.8, 4) is 5.75 Å². The third-order valence-electron chi connectivity index (χ3n) is 3.49. The zero-order valence-electron chi connectivity index (χ0n) is 12.5. The lowest BCUT2D eigenvalue weighted by molar-refractivity contribution is 0.245. The van der Waals surface area contributed by atoms with Gasteiger partial charge < -0.3 is 10.1 Å². The van der Waals surface area contributed by atoms with Crippen molar-refractivity contribution in [3.63, 3.8) is 0 Å². The number of benzene rings is 1. The maximum atomic E-state index is 12.5. The van der Waals surface area contributed by atoms with Crippen LogP contribution in [0.5, 0.6) is 5.75 Å². The van der Waals surface area contributed by atoms with Crippen LogP contribution in [0.4, 0.5) is 10.5 Å². The number of H-pyrrole nitrogens is 1. The van der Waals surface area contributed by atoms with Gasteiger partial charge in [0.25, 0.3) is 0 Å². The van der Waals surface area contributed by atoms with Gasteiger partial charge in [-0.25, -0.2) is 9.78 Å². The van der Waals surface area contributed by atoms with Crippen LogP contribution in [0.15, 0.2) is 24.3 Å². The number of anilines is 1. The molecule has 116 valence electrons. The second-order valence-electron chi connectivity index (χ2n) is 5.03. The molecular formula is C15H19N5O2. The summed E-state index contributed by atoms with van der Waals surface area (Å²) in [7, 11) is 0. The van der Waals surface area contributed by atoms with Gasteiger partial charge in [-0.3, -0.25) is 10.00 Å². The molecule has 2 N–H and O–H groups in total. The van der Waals surface area contributed by atoms with Gasteiger partial charge in [0, 0.05) is 13.0 Å². The number of carbonyl (C=O) groups excluding carboxylic acids is 1. The van der Waals surface area contributed by atoms with Crippen molar-refractivity contribution in [2.45, 2.75) is 26.3 Å². The van der Waals surface area contributed by atoms with Gasteiger partial charge in [-0.15, -0.1) is 0 Å². The van der Waals surface area contributed by atoms with Gasteiger partial charge in [0.2, 0.25) is 0 Å². The second kappa shape index (κ2) is 6.46. The Bertz CT molecular complexity index is 655. The molecule has 1 aromatic heterocycles. The van der Waals surface area contributed by atoms with Gasteiger partial charge in [-0.1, -0.05) is 19.1 Å². The summed E-state index contributed by atoms with van der Waals surface area (Å²) in [6.45, 7) is 3.55. The number of aromatic amines is 1. The van der Waals surface area contributed by atoms with Crippen molar-refractivity contribution >= 4 is 11.7 Å². The third-order valence-corrected chi connectivity index (χ3v) is 3.49. The van der Waals surface area contributed by atoms with E-state index in [-0.39, 0.29) is 6.03 Å². The van der Waals surface area contributed by atoms with Crippen LogP contribution in [0.25, 0.3) is 0 Å². The average molecular weight is 301 g/mol. The third kappa shape index (κ3) is 3.03. The quantitative estimate of drug-likeness (QED) is 0.906. The summed E-state index contributed by atoms with van der Waals surface area (Å²) in [5, 5.41) is 9.75. The Morgan fingerprint density at radius 2 is 2.32 bits per heavy atom. The molecule has 1 aromatic carbocycles. The molecule has 0 unspecified atom stereocenters. The Hall–Kier alpha value is -2.57. The number of rotatable bonds is 3. The van der Waals surface area contributed by atoms with Crippen LogP contribution in [0.3, 0.4) is 0 Å². The summed E-state index contributed by atoms with van der Waals surface area (Å²) in [6.07, 6.45) is 1.56. The molecule has 0 fully saturated rings.